The molecule has 1 fully saturated rings. The Hall–Kier alpha value is -1.60. The van der Waals surface area contributed by atoms with Crippen LogP contribution < -0.4 is 10.1 Å². The zero-order chi connectivity index (χ0) is 14.9. The molecular formula is C13H17NO5S. The quantitative estimate of drug-likeness (QED) is 0.855. The van der Waals surface area contributed by atoms with Crippen molar-refractivity contribution in [3.63, 3.8) is 0 Å². The fraction of sp³-hybridized carbons (Fsp3) is 0.462. The van der Waals surface area contributed by atoms with Gasteiger partial charge in [-0.25, -0.2) is 8.42 Å². The molecule has 1 aliphatic heterocycles. The minimum Gasteiger partial charge on any atom is -0.495 e. The molecule has 0 aliphatic carbocycles. The second kappa shape index (κ2) is 5.41. The summed E-state index contributed by atoms with van der Waals surface area (Å²) in [4.78, 5) is 11.1. The van der Waals surface area contributed by atoms with Gasteiger partial charge in [-0.3, -0.25) is 4.79 Å². The number of carbonyl (C=O) groups is 1. The molecule has 0 radical (unpaired) electrons. The maximum atomic E-state index is 11.6. The van der Waals surface area contributed by atoms with Crippen LogP contribution in [0.3, 0.4) is 0 Å². The van der Waals surface area contributed by atoms with Gasteiger partial charge < -0.3 is 15.2 Å². The fourth-order valence-corrected chi connectivity index (χ4v) is 3.21. The van der Waals surface area contributed by atoms with Crippen LogP contribution in [0.4, 0.5) is 0 Å². The number of benzene rings is 1. The molecule has 7 heteroatoms. The first-order valence-electron chi connectivity index (χ1n) is 6.17. The first kappa shape index (κ1) is 14.8. The van der Waals surface area contributed by atoms with E-state index in [-0.39, 0.29) is 16.7 Å². The summed E-state index contributed by atoms with van der Waals surface area (Å²) < 4.78 is 28.3. The van der Waals surface area contributed by atoms with Crippen LogP contribution in [0.1, 0.15) is 18.0 Å². The Labute approximate surface area is 117 Å². The average Bonchev–Trinajstić information content (AvgIpc) is 2.86. The first-order chi connectivity index (χ1) is 9.32. The zero-order valence-electron chi connectivity index (χ0n) is 11.3. The second-order valence-electron chi connectivity index (χ2n) is 4.91. The van der Waals surface area contributed by atoms with Gasteiger partial charge in [-0.1, -0.05) is 6.07 Å². The summed E-state index contributed by atoms with van der Waals surface area (Å²) in [6.07, 6.45) is 1.61. The molecule has 1 aromatic carbocycles. The van der Waals surface area contributed by atoms with Crippen molar-refractivity contribution in [3.05, 3.63) is 23.8 Å². The van der Waals surface area contributed by atoms with Gasteiger partial charge in [0, 0.05) is 18.8 Å². The molecule has 20 heavy (non-hydrogen) atoms. The molecule has 110 valence electrons. The number of methoxy groups -OCH3 is 1. The van der Waals surface area contributed by atoms with Crippen molar-refractivity contribution in [2.24, 2.45) is 5.92 Å². The van der Waals surface area contributed by atoms with Crippen LogP contribution in [0.25, 0.3) is 0 Å². The molecular weight excluding hydrogens is 282 g/mol. The van der Waals surface area contributed by atoms with Crippen molar-refractivity contribution in [2.75, 3.05) is 19.9 Å². The van der Waals surface area contributed by atoms with Gasteiger partial charge >= 0.3 is 5.97 Å². The fourth-order valence-electron chi connectivity index (χ4n) is 2.39. The number of hydrogen-bond donors (Lipinski definition) is 2. The van der Waals surface area contributed by atoms with E-state index < -0.39 is 21.7 Å². The van der Waals surface area contributed by atoms with Crippen LogP contribution in [0.2, 0.25) is 0 Å². The number of nitrogens with one attached hydrogen (secondary N) is 1. The van der Waals surface area contributed by atoms with Crippen molar-refractivity contribution in [1.29, 1.82) is 0 Å². The van der Waals surface area contributed by atoms with Gasteiger partial charge in [0.1, 0.15) is 10.6 Å². The summed E-state index contributed by atoms with van der Waals surface area (Å²) in [5.41, 5.74) is 0.831. The van der Waals surface area contributed by atoms with E-state index in [9.17, 15) is 13.2 Å². The highest BCUT2D eigenvalue weighted by molar-refractivity contribution is 7.90. The van der Waals surface area contributed by atoms with Gasteiger partial charge in [-0.15, -0.1) is 0 Å². The van der Waals surface area contributed by atoms with E-state index in [0.717, 1.165) is 11.8 Å². The Balaban J connectivity index is 2.30. The Kier molecular flexibility index (Phi) is 4.01. The maximum absolute atomic E-state index is 11.6. The third-order valence-electron chi connectivity index (χ3n) is 3.47. The molecule has 1 aliphatic rings. The molecule has 0 saturated carbocycles. The maximum Gasteiger partial charge on any atom is 0.307 e. The molecule has 0 bridgehead atoms. The lowest BCUT2D eigenvalue weighted by atomic mass is 10.00. The molecule has 2 N–H and O–H groups in total. The van der Waals surface area contributed by atoms with E-state index in [1.165, 1.54) is 13.2 Å². The predicted molar refractivity (Wildman–Crippen MR) is 72.6 cm³/mol. The second-order valence-corrected chi connectivity index (χ2v) is 6.90. The van der Waals surface area contributed by atoms with Crippen molar-refractivity contribution in [2.45, 2.75) is 17.4 Å². The lowest BCUT2D eigenvalue weighted by Gasteiger charge is -2.14. The monoisotopic (exact) mass is 299 g/mol. The van der Waals surface area contributed by atoms with E-state index in [0.29, 0.717) is 13.0 Å². The van der Waals surface area contributed by atoms with E-state index in [2.05, 4.69) is 5.32 Å². The lowest BCUT2D eigenvalue weighted by molar-refractivity contribution is -0.141. The Morgan fingerprint density at radius 3 is 2.65 bits per heavy atom. The first-order valence-corrected chi connectivity index (χ1v) is 8.06. The van der Waals surface area contributed by atoms with E-state index in [1.54, 1.807) is 12.1 Å². The standard InChI is InChI=1S/C13H17NO5S/c1-19-11-6-8(3-4-12(11)20(2,17)18)10-5-9(7-14-10)13(15)16/h3-4,6,9-10,14H,5,7H2,1-2H3,(H,15,16). The summed E-state index contributed by atoms with van der Waals surface area (Å²) in [5, 5.41) is 12.1. The molecule has 1 saturated heterocycles. The number of hydrogen-bond acceptors (Lipinski definition) is 5. The van der Waals surface area contributed by atoms with Gasteiger partial charge in [0.05, 0.1) is 13.0 Å². The van der Waals surface area contributed by atoms with Gasteiger partial charge in [0.15, 0.2) is 9.84 Å². The van der Waals surface area contributed by atoms with E-state index >= 15 is 0 Å². The molecule has 6 nitrogen and oxygen atoms in total. The number of carboxylic acids is 1. The largest absolute Gasteiger partial charge is 0.495 e. The molecule has 2 unspecified atom stereocenters. The van der Waals surface area contributed by atoms with Crippen LogP contribution >= 0.6 is 0 Å². The molecule has 2 rings (SSSR count). The molecule has 0 aromatic heterocycles. The van der Waals surface area contributed by atoms with E-state index in [4.69, 9.17) is 9.84 Å². The van der Waals surface area contributed by atoms with Crippen molar-refractivity contribution < 1.29 is 23.1 Å². The molecule has 1 aromatic rings. The average molecular weight is 299 g/mol. The van der Waals surface area contributed by atoms with Crippen LogP contribution in [0.5, 0.6) is 5.75 Å². The number of ether oxygens (including phenoxy) is 1. The van der Waals surface area contributed by atoms with Gasteiger partial charge in [-0.2, -0.15) is 0 Å². The van der Waals surface area contributed by atoms with Crippen molar-refractivity contribution in [1.82, 2.24) is 5.32 Å². The Morgan fingerprint density at radius 1 is 1.45 bits per heavy atom. The molecule has 0 spiro atoms. The number of aliphatic carboxylic acids is 1. The summed E-state index contributed by atoms with van der Waals surface area (Å²) in [5.74, 6) is -0.953. The SMILES string of the molecule is COc1cc(C2CC(C(=O)O)CN2)ccc1S(C)(=O)=O. The summed E-state index contributed by atoms with van der Waals surface area (Å²) in [6.45, 7) is 0.413. The van der Waals surface area contributed by atoms with Crippen LogP contribution in [-0.2, 0) is 14.6 Å². The van der Waals surface area contributed by atoms with Gasteiger partial charge in [0.2, 0.25) is 0 Å². The van der Waals surface area contributed by atoms with Gasteiger partial charge in [0.25, 0.3) is 0 Å². The predicted octanol–water partition coefficient (Wildman–Crippen LogP) is 0.834. The summed E-state index contributed by atoms with van der Waals surface area (Å²) in [6, 6.07) is 4.75. The molecule has 2 atom stereocenters. The lowest BCUT2D eigenvalue weighted by Crippen LogP contribution is -2.17. The van der Waals surface area contributed by atoms with Crippen molar-refractivity contribution in [3.8, 4) is 5.75 Å². The normalized spacial score (nSPS) is 22.7. The van der Waals surface area contributed by atoms with Gasteiger partial charge in [-0.05, 0) is 24.1 Å². The third-order valence-corrected chi connectivity index (χ3v) is 4.61. The molecule has 0 amide bonds. The number of sulfone groups is 1. The zero-order valence-corrected chi connectivity index (χ0v) is 12.1. The smallest absolute Gasteiger partial charge is 0.307 e. The van der Waals surface area contributed by atoms with Crippen LogP contribution in [0.15, 0.2) is 23.1 Å². The van der Waals surface area contributed by atoms with E-state index in [1.807, 2.05) is 0 Å². The highest BCUT2D eigenvalue weighted by Gasteiger charge is 2.30. The van der Waals surface area contributed by atoms with Crippen LogP contribution in [0, 0.1) is 5.92 Å². The summed E-state index contributed by atoms with van der Waals surface area (Å²) in [7, 11) is -1.94. The minimum absolute atomic E-state index is 0.0985. The number of rotatable bonds is 4. The topological polar surface area (TPSA) is 92.7 Å². The Bertz CT molecular complexity index is 626. The molecule has 1 heterocycles. The minimum atomic E-state index is -3.35. The Morgan fingerprint density at radius 2 is 2.15 bits per heavy atom. The van der Waals surface area contributed by atoms with Crippen LogP contribution in [-0.4, -0.2) is 39.4 Å². The number of carboxylic acid groups (broad SMARTS) is 1. The summed E-state index contributed by atoms with van der Waals surface area (Å²) >= 11 is 0. The highest BCUT2D eigenvalue weighted by Crippen LogP contribution is 2.32. The third kappa shape index (κ3) is 2.94. The van der Waals surface area contributed by atoms with Crippen molar-refractivity contribution >= 4 is 15.8 Å². The highest BCUT2D eigenvalue weighted by atomic mass is 32.2.